The van der Waals surface area contributed by atoms with Crippen molar-refractivity contribution in [3.05, 3.63) is 93.6 Å². The molecular weight excluding hydrogens is 609 g/mol. The van der Waals surface area contributed by atoms with Gasteiger partial charge in [-0.3, -0.25) is 9.36 Å². The number of halogens is 4. The van der Waals surface area contributed by atoms with E-state index < -0.39 is 11.7 Å². The van der Waals surface area contributed by atoms with Crippen molar-refractivity contribution in [3.63, 3.8) is 0 Å². The van der Waals surface area contributed by atoms with E-state index in [-0.39, 0.29) is 5.91 Å². The number of benzene rings is 2. The van der Waals surface area contributed by atoms with E-state index in [1.54, 1.807) is 40.8 Å². The summed E-state index contributed by atoms with van der Waals surface area (Å²) < 4.78 is 46.8. The Balaban J connectivity index is 1.11. The van der Waals surface area contributed by atoms with E-state index in [2.05, 4.69) is 15.2 Å². The molecule has 1 aliphatic rings. The summed E-state index contributed by atoms with van der Waals surface area (Å²) in [6, 6.07) is 16.2. The smallest absolute Gasteiger partial charge is 0.416 e. The van der Waals surface area contributed by atoms with Gasteiger partial charge in [0.25, 0.3) is 5.91 Å². The van der Waals surface area contributed by atoms with Gasteiger partial charge in [-0.25, -0.2) is 4.98 Å². The summed E-state index contributed by atoms with van der Waals surface area (Å²) >= 11 is 8.90. The van der Waals surface area contributed by atoms with Crippen molar-refractivity contribution in [2.24, 2.45) is 0 Å². The lowest BCUT2D eigenvalue weighted by Gasteiger charge is -2.36. The van der Waals surface area contributed by atoms with Crippen LogP contribution in [0.1, 0.15) is 21.1 Å². The summed E-state index contributed by atoms with van der Waals surface area (Å²) in [4.78, 5) is 21.3. The lowest BCUT2D eigenvalue weighted by atomic mass is 10.1. The summed E-state index contributed by atoms with van der Waals surface area (Å²) in [5.41, 5.74) is 0.970. The van der Waals surface area contributed by atoms with Crippen molar-refractivity contribution in [2.45, 2.75) is 17.1 Å². The zero-order chi connectivity index (χ0) is 29.3. The number of aromatic nitrogens is 4. The average Bonchev–Trinajstić information content (AvgIpc) is 3.77. The van der Waals surface area contributed by atoms with E-state index >= 15 is 0 Å². The number of hydrogen-bond donors (Lipinski definition) is 0. The van der Waals surface area contributed by atoms with E-state index in [0.29, 0.717) is 65.1 Å². The molecule has 0 bridgehead atoms. The summed E-state index contributed by atoms with van der Waals surface area (Å²) in [6.45, 7) is 1.63. The molecule has 14 heteroatoms. The third-order valence-corrected chi connectivity index (χ3v) is 8.88. The van der Waals surface area contributed by atoms with E-state index in [9.17, 15) is 18.0 Å². The monoisotopic (exact) mass is 630 g/mol. The van der Waals surface area contributed by atoms with Gasteiger partial charge in [0.1, 0.15) is 10.7 Å². The third-order valence-electron chi connectivity index (χ3n) is 6.66. The second-order valence-electron chi connectivity index (χ2n) is 9.34. The number of hydrogen-bond acceptors (Lipinski definition) is 8. The first-order valence-electron chi connectivity index (χ1n) is 12.8. The molecule has 0 unspecified atom stereocenters. The van der Waals surface area contributed by atoms with Crippen LogP contribution in [0.3, 0.4) is 0 Å². The molecule has 4 heterocycles. The van der Waals surface area contributed by atoms with Crippen molar-refractivity contribution >= 4 is 46.3 Å². The van der Waals surface area contributed by atoms with Gasteiger partial charge in [0.05, 0.1) is 17.6 Å². The molecule has 216 valence electrons. The van der Waals surface area contributed by atoms with Crippen LogP contribution >= 0.6 is 34.7 Å². The van der Waals surface area contributed by atoms with Gasteiger partial charge >= 0.3 is 6.18 Å². The number of piperazine rings is 1. The Labute approximate surface area is 251 Å². The van der Waals surface area contributed by atoms with Crippen LogP contribution in [0, 0.1) is 0 Å². The highest BCUT2D eigenvalue weighted by molar-refractivity contribution is 7.98. The molecule has 0 aliphatic carbocycles. The van der Waals surface area contributed by atoms with E-state index in [4.69, 9.17) is 16.0 Å². The normalized spacial score (nSPS) is 14.0. The van der Waals surface area contributed by atoms with Crippen molar-refractivity contribution in [1.82, 2.24) is 24.6 Å². The molecule has 0 spiro atoms. The average molecular weight is 631 g/mol. The number of carbonyl (C=O) groups is 1. The Morgan fingerprint density at radius 1 is 1.00 bits per heavy atom. The van der Waals surface area contributed by atoms with Crippen molar-refractivity contribution in [3.8, 4) is 17.3 Å². The molecule has 1 aliphatic heterocycles. The van der Waals surface area contributed by atoms with E-state index in [1.807, 2.05) is 27.7 Å². The molecule has 3 aromatic heterocycles. The number of carbonyl (C=O) groups excluding carboxylic acids is 1. The standard InChI is InChI=1S/C28H22ClF3N6O2S2/c29-19-6-8-20(9-7-19)38-25(23-5-2-14-40-23)34-35-27(38)42-17-24-33-22(16-41-24)26(39)37-12-10-36(11-13-37)21-4-1-3-18(15-21)28(30,31)32/h1-9,14-16H,10-13,17H2. The SMILES string of the molecule is O=C(c1csc(CSc2nnc(-c3ccco3)n2-c2ccc(Cl)cc2)n1)N1CCN(c2cccc(C(F)(F)F)c2)CC1. The third kappa shape index (κ3) is 6.03. The topological polar surface area (TPSA) is 80.3 Å². The molecule has 42 heavy (non-hydrogen) atoms. The minimum Gasteiger partial charge on any atom is -0.461 e. The highest BCUT2D eigenvalue weighted by Crippen LogP contribution is 2.33. The minimum atomic E-state index is -4.40. The van der Waals surface area contributed by atoms with Crippen LogP contribution in [0.5, 0.6) is 0 Å². The molecule has 0 N–H and O–H groups in total. The summed E-state index contributed by atoms with van der Waals surface area (Å²) in [7, 11) is 0. The number of thiazole rings is 1. The molecule has 5 aromatic rings. The quantitative estimate of drug-likeness (QED) is 0.181. The van der Waals surface area contributed by atoms with Gasteiger partial charge in [-0.15, -0.1) is 21.5 Å². The highest BCUT2D eigenvalue weighted by atomic mass is 35.5. The number of alkyl halides is 3. The maximum atomic E-state index is 13.2. The molecule has 0 radical (unpaired) electrons. The van der Waals surface area contributed by atoms with Crippen LogP contribution in [0.25, 0.3) is 17.3 Å². The Bertz CT molecular complexity index is 1680. The molecule has 2 aromatic carbocycles. The lowest BCUT2D eigenvalue weighted by Crippen LogP contribution is -2.49. The van der Waals surface area contributed by atoms with E-state index in [1.165, 1.54) is 29.2 Å². The molecule has 8 nitrogen and oxygen atoms in total. The van der Waals surface area contributed by atoms with Gasteiger partial charge in [-0.1, -0.05) is 29.4 Å². The molecule has 0 saturated carbocycles. The molecule has 1 amide bonds. The summed E-state index contributed by atoms with van der Waals surface area (Å²) in [5.74, 6) is 1.38. The van der Waals surface area contributed by atoms with Crippen molar-refractivity contribution in [2.75, 3.05) is 31.1 Å². The number of furan rings is 1. The van der Waals surface area contributed by atoms with Crippen LogP contribution < -0.4 is 4.90 Å². The predicted molar refractivity (Wildman–Crippen MR) is 155 cm³/mol. The lowest BCUT2D eigenvalue weighted by molar-refractivity contribution is -0.137. The first-order valence-corrected chi connectivity index (χ1v) is 15.0. The number of amides is 1. The summed E-state index contributed by atoms with van der Waals surface area (Å²) in [6.07, 6.45) is -2.83. The van der Waals surface area contributed by atoms with E-state index in [0.717, 1.165) is 22.8 Å². The number of rotatable bonds is 7. The maximum absolute atomic E-state index is 13.2. The van der Waals surface area contributed by atoms with Gasteiger partial charge < -0.3 is 14.2 Å². The number of anilines is 1. The van der Waals surface area contributed by atoms with Gasteiger partial charge in [0, 0.05) is 48.0 Å². The molecule has 1 saturated heterocycles. The molecule has 6 rings (SSSR count). The highest BCUT2D eigenvalue weighted by Gasteiger charge is 2.31. The molecular formula is C28H22ClF3N6O2S2. The second kappa shape index (κ2) is 11.8. The first kappa shape index (κ1) is 28.3. The molecule has 0 atom stereocenters. The Hall–Kier alpha value is -3.81. The van der Waals surface area contributed by atoms with Crippen molar-refractivity contribution < 1.29 is 22.4 Å². The van der Waals surface area contributed by atoms with Crippen LogP contribution in [0.4, 0.5) is 18.9 Å². The molecule has 1 fully saturated rings. The van der Waals surface area contributed by atoms with Crippen molar-refractivity contribution in [1.29, 1.82) is 0 Å². The zero-order valence-corrected chi connectivity index (χ0v) is 24.2. The van der Waals surface area contributed by atoms with Crippen LogP contribution in [0.2, 0.25) is 5.02 Å². The number of thioether (sulfide) groups is 1. The zero-order valence-electron chi connectivity index (χ0n) is 21.8. The van der Waals surface area contributed by atoms with Crippen LogP contribution in [0.15, 0.2) is 81.9 Å². The fraction of sp³-hybridized carbons (Fsp3) is 0.214. The van der Waals surface area contributed by atoms with Gasteiger partial charge in [0.15, 0.2) is 10.9 Å². The second-order valence-corrected chi connectivity index (χ2v) is 11.7. The Kier molecular flexibility index (Phi) is 7.97. The number of nitrogens with zero attached hydrogens (tertiary/aromatic N) is 6. The first-order chi connectivity index (χ1) is 20.3. The van der Waals surface area contributed by atoms with Gasteiger partial charge in [-0.2, -0.15) is 13.2 Å². The Morgan fingerprint density at radius 3 is 2.50 bits per heavy atom. The summed E-state index contributed by atoms with van der Waals surface area (Å²) in [5, 5.41) is 12.4. The van der Waals surface area contributed by atoms with Gasteiger partial charge in [-0.05, 0) is 54.6 Å². The van der Waals surface area contributed by atoms with Crippen LogP contribution in [-0.2, 0) is 11.9 Å². The van der Waals surface area contributed by atoms with Crippen LogP contribution in [-0.4, -0.2) is 56.7 Å². The Morgan fingerprint density at radius 2 is 1.79 bits per heavy atom. The van der Waals surface area contributed by atoms with Gasteiger partial charge in [0.2, 0.25) is 5.82 Å². The fourth-order valence-electron chi connectivity index (χ4n) is 4.56. The largest absolute Gasteiger partial charge is 0.461 e. The fourth-order valence-corrected chi connectivity index (χ4v) is 6.43. The minimum absolute atomic E-state index is 0.198. The predicted octanol–water partition coefficient (Wildman–Crippen LogP) is 6.91. The maximum Gasteiger partial charge on any atom is 0.416 e.